The molecule has 166 valence electrons. The SMILES string of the molecule is C[N+]1(C)CCO[C@H](CC(=O)N2CC(Oc3ccc4c(c3C(=O)O)OB(O)[C@@H]3C[C@H]43)C2)C1. The number of carboxylic acids is 1. The van der Waals surface area contributed by atoms with Crippen LogP contribution in [0.2, 0.25) is 5.82 Å². The molecule has 2 N–H and O–H groups in total. The van der Waals surface area contributed by atoms with Crippen molar-refractivity contribution in [3.05, 3.63) is 23.3 Å². The van der Waals surface area contributed by atoms with Crippen LogP contribution in [-0.4, -0.2) is 97.6 Å². The Balaban J connectivity index is 1.21. The molecule has 4 aliphatic rings. The summed E-state index contributed by atoms with van der Waals surface area (Å²) in [5.74, 6) is -0.511. The molecule has 0 unspecified atom stereocenters. The summed E-state index contributed by atoms with van der Waals surface area (Å²) in [6, 6.07) is 3.49. The van der Waals surface area contributed by atoms with Crippen LogP contribution < -0.4 is 9.39 Å². The number of likely N-dealkylation sites (N-methyl/N-ethyl adjacent to an activating group) is 1. The molecule has 3 fully saturated rings. The molecular formula is C21H28BN2O7+. The van der Waals surface area contributed by atoms with E-state index in [1.54, 1.807) is 11.0 Å². The van der Waals surface area contributed by atoms with Crippen molar-refractivity contribution in [1.82, 2.24) is 4.90 Å². The van der Waals surface area contributed by atoms with Crippen molar-refractivity contribution in [2.45, 2.75) is 36.8 Å². The number of likely N-dealkylation sites (tertiary alicyclic amines) is 1. The Bertz CT molecular complexity index is 917. The van der Waals surface area contributed by atoms with E-state index in [-0.39, 0.29) is 46.9 Å². The number of rotatable bonds is 5. The Kier molecular flexibility index (Phi) is 4.91. The first-order chi connectivity index (χ1) is 14.7. The maximum atomic E-state index is 12.6. The Morgan fingerprint density at radius 1 is 1.32 bits per heavy atom. The van der Waals surface area contributed by atoms with Crippen LogP contribution in [-0.2, 0) is 9.53 Å². The Morgan fingerprint density at radius 3 is 2.81 bits per heavy atom. The predicted molar refractivity (Wildman–Crippen MR) is 110 cm³/mol. The molecule has 2 saturated heterocycles. The smallest absolute Gasteiger partial charge is 0.526 e. The van der Waals surface area contributed by atoms with E-state index in [1.165, 1.54) is 0 Å². The van der Waals surface area contributed by atoms with E-state index in [4.69, 9.17) is 14.1 Å². The van der Waals surface area contributed by atoms with Crippen LogP contribution in [0.4, 0.5) is 0 Å². The largest absolute Gasteiger partial charge is 0.535 e. The topological polar surface area (TPSA) is 106 Å². The van der Waals surface area contributed by atoms with Gasteiger partial charge in [0, 0.05) is 5.82 Å². The number of carboxylic acid groups (broad SMARTS) is 1. The molecule has 1 aromatic carbocycles. The van der Waals surface area contributed by atoms with Gasteiger partial charge >= 0.3 is 13.1 Å². The summed E-state index contributed by atoms with van der Waals surface area (Å²) >= 11 is 0. The summed E-state index contributed by atoms with van der Waals surface area (Å²) in [4.78, 5) is 26.2. The van der Waals surface area contributed by atoms with Gasteiger partial charge in [0.15, 0.2) is 0 Å². The highest BCUT2D eigenvalue weighted by Crippen LogP contribution is 2.60. The van der Waals surface area contributed by atoms with Gasteiger partial charge in [-0.2, -0.15) is 0 Å². The minimum absolute atomic E-state index is 0.0295. The number of benzene rings is 1. The molecule has 3 heterocycles. The number of carbonyl (C=O) groups excluding carboxylic acids is 1. The zero-order valence-corrected chi connectivity index (χ0v) is 17.8. The van der Waals surface area contributed by atoms with Crippen LogP contribution in [0.25, 0.3) is 0 Å². The number of fused-ring (bicyclic) bond motifs is 3. The lowest BCUT2D eigenvalue weighted by Gasteiger charge is -2.41. The van der Waals surface area contributed by atoms with Crippen molar-refractivity contribution in [3.8, 4) is 11.5 Å². The van der Waals surface area contributed by atoms with E-state index in [0.29, 0.717) is 26.1 Å². The van der Waals surface area contributed by atoms with E-state index in [9.17, 15) is 19.7 Å². The fourth-order valence-electron chi connectivity index (χ4n) is 4.90. The quantitative estimate of drug-likeness (QED) is 0.519. The van der Waals surface area contributed by atoms with Crippen LogP contribution in [0.5, 0.6) is 11.5 Å². The standard InChI is InChI=1S/C21H27BN2O7/c1-24(2)5-6-29-12(11-24)7-18(25)23-9-13(10-23)30-17-4-3-14-15-8-16(15)22(28)31-20(14)19(17)21(26)27/h3-4,12-13,15-16,28H,5-11H2,1-2H3/p+1/t12-,15-,16-/m1/s1. The van der Waals surface area contributed by atoms with Crippen LogP contribution in [0.3, 0.4) is 0 Å². The lowest BCUT2D eigenvalue weighted by Crippen LogP contribution is -2.58. The van der Waals surface area contributed by atoms with Crippen LogP contribution in [0.15, 0.2) is 12.1 Å². The average molecular weight is 431 g/mol. The fraction of sp³-hybridized carbons (Fsp3) is 0.619. The molecular weight excluding hydrogens is 403 g/mol. The third kappa shape index (κ3) is 3.88. The Hall–Kier alpha value is -2.30. The average Bonchev–Trinajstić information content (AvgIpc) is 3.44. The van der Waals surface area contributed by atoms with Gasteiger partial charge in [-0.15, -0.1) is 0 Å². The second-order valence-electron chi connectivity index (χ2n) is 9.75. The van der Waals surface area contributed by atoms with Crippen LogP contribution in [0, 0.1) is 0 Å². The number of hydrogen-bond donors (Lipinski definition) is 2. The third-order valence-electron chi connectivity index (χ3n) is 6.85. The zero-order chi connectivity index (χ0) is 21.9. The van der Waals surface area contributed by atoms with Crippen molar-refractivity contribution in [2.24, 2.45) is 0 Å². The van der Waals surface area contributed by atoms with Crippen LogP contribution in [0.1, 0.15) is 34.7 Å². The lowest BCUT2D eigenvalue weighted by atomic mass is 9.77. The zero-order valence-electron chi connectivity index (χ0n) is 17.8. The van der Waals surface area contributed by atoms with E-state index < -0.39 is 13.1 Å². The van der Waals surface area contributed by atoms with Gasteiger partial charge in [0.1, 0.15) is 42.4 Å². The molecule has 0 spiro atoms. The molecule has 3 atom stereocenters. The highest BCUT2D eigenvalue weighted by molar-refractivity contribution is 6.48. The molecule has 0 radical (unpaired) electrons. The van der Waals surface area contributed by atoms with E-state index >= 15 is 0 Å². The van der Waals surface area contributed by atoms with E-state index in [1.807, 2.05) is 6.07 Å². The third-order valence-corrected chi connectivity index (χ3v) is 6.85. The van der Waals surface area contributed by atoms with Gasteiger partial charge in [-0.3, -0.25) is 4.79 Å². The predicted octanol–water partition coefficient (Wildman–Crippen LogP) is 0.570. The monoisotopic (exact) mass is 431 g/mol. The maximum Gasteiger partial charge on any atom is 0.526 e. The first-order valence-electron chi connectivity index (χ1n) is 10.8. The summed E-state index contributed by atoms with van der Waals surface area (Å²) in [7, 11) is 3.30. The summed E-state index contributed by atoms with van der Waals surface area (Å²) in [6.07, 6.45) is 0.794. The number of ether oxygens (including phenoxy) is 2. The van der Waals surface area contributed by atoms with Gasteiger partial charge in [0.05, 0.1) is 40.2 Å². The van der Waals surface area contributed by atoms with Gasteiger partial charge < -0.3 is 33.6 Å². The van der Waals surface area contributed by atoms with Crippen LogP contribution >= 0.6 is 0 Å². The van der Waals surface area contributed by atoms with Crippen molar-refractivity contribution >= 4 is 19.0 Å². The molecule has 10 heteroatoms. The van der Waals surface area contributed by atoms with E-state index in [2.05, 4.69) is 14.1 Å². The first kappa shape index (κ1) is 20.6. The maximum absolute atomic E-state index is 12.6. The number of morpholine rings is 1. The molecule has 1 saturated carbocycles. The molecule has 1 aromatic rings. The van der Waals surface area contributed by atoms with Gasteiger partial charge in [-0.05, 0) is 24.0 Å². The minimum Gasteiger partial charge on any atom is -0.535 e. The van der Waals surface area contributed by atoms with Crippen molar-refractivity contribution in [2.75, 3.05) is 46.9 Å². The molecule has 0 bridgehead atoms. The van der Waals surface area contributed by atoms with Crippen molar-refractivity contribution < 1.29 is 38.3 Å². The molecule has 1 amide bonds. The molecule has 0 aromatic heterocycles. The number of amides is 1. The van der Waals surface area contributed by atoms with E-state index in [0.717, 1.165) is 29.6 Å². The Labute approximate surface area is 181 Å². The molecule has 5 rings (SSSR count). The second kappa shape index (κ2) is 7.39. The van der Waals surface area contributed by atoms with Gasteiger partial charge in [-0.25, -0.2) is 4.79 Å². The van der Waals surface area contributed by atoms with Gasteiger partial charge in [0.2, 0.25) is 5.91 Å². The second-order valence-corrected chi connectivity index (χ2v) is 9.75. The number of quaternary nitrogens is 1. The number of nitrogens with zero attached hydrogens (tertiary/aromatic N) is 2. The minimum atomic E-state index is -1.15. The number of carbonyl (C=O) groups is 2. The molecule has 9 nitrogen and oxygen atoms in total. The van der Waals surface area contributed by atoms with Gasteiger partial charge in [-0.1, -0.05) is 6.07 Å². The molecule has 1 aliphatic carbocycles. The normalized spacial score (nSPS) is 28.7. The molecule has 31 heavy (non-hydrogen) atoms. The highest BCUT2D eigenvalue weighted by atomic mass is 16.5. The summed E-state index contributed by atoms with van der Waals surface area (Å²) in [5, 5.41) is 19.8. The summed E-state index contributed by atoms with van der Waals surface area (Å²) in [5.41, 5.74) is 0.765. The number of aromatic carboxylic acids is 1. The van der Waals surface area contributed by atoms with Crippen molar-refractivity contribution in [1.29, 1.82) is 0 Å². The number of hydrogen-bond acceptors (Lipinski definition) is 6. The lowest BCUT2D eigenvalue weighted by molar-refractivity contribution is -0.901. The van der Waals surface area contributed by atoms with Gasteiger partial charge in [0.25, 0.3) is 0 Å². The highest BCUT2D eigenvalue weighted by Gasteiger charge is 2.54. The van der Waals surface area contributed by atoms with Crippen molar-refractivity contribution in [3.63, 3.8) is 0 Å². The summed E-state index contributed by atoms with van der Waals surface area (Å²) in [6.45, 7) is 3.23. The summed E-state index contributed by atoms with van der Waals surface area (Å²) < 4.78 is 18.0. The first-order valence-corrected chi connectivity index (χ1v) is 10.8. The Morgan fingerprint density at radius 2 is 2.10 bits per heavy atom. The molecule has 3 aliphatic heterocycles. The fourth-order valence-corrected chi connectivity index (χ4v) is 4.90.